The highest BCUT2D eigenvalue weighted by atomic mass is 16.5. The zero-order chi connectivity index (χ0) is 13.9. The maximum Gasteiger partial charge on any atom is 0.338 e. The zero-order valence-corrected chi connectivity index (χ0v) is 12.2. The summed E-state index contributed by atoms with van der Waals surface area (Å²) in [6, 6.07) is 5.90. The lowest BCUT2D eigenvalue weighted by Gasteiger charge is -2.29. The van der Waals surface area contributed by atoms with Crippen molar-refractivity contribution in [2.45, 2.75) is 51.6 Å². The summed E-state index contributed by atoms with van der Waals surface area (Å²) in [5, 5.41) is 3.36. The van der Waals surface area contributed by atoms with Crippen molar-refractivity contribution in [1.29, 1.82) is 0 Å². The highest BCUT2D eigenvalue weighted by Crippen LogP contribution is 2.29. The van der Waals surface area contributed by atoms with Gasteiger partial charge in [0.15, 0.2) is 0 Å². The number of esters is 1. The van der Waals surface area contributed by atoms with Crippen LogP contribution in [0.5, 0.6) is 0 Å². The quantitative estimate of drug-likeness (QED) is 0.833. The Morgan fingerprint density at radius 3 is 2.95 bits per heavy atom. The minimum absolute atomic E-state index is 0.101. The van der Waals surface area contributed by atoms with Crippen molar-refractivity contribution < 1.29 is 9.53 Å². The summed E-state index contributed by atoms with van der Waals surface area (Å²) in [6.45, 7) is 3.18. The molecule has 1 aromatic rings. The first-order chi connectivity index (χ1) is 9.75. The van der Waals surface area contributed by atoms with Gasteiger partial charge in [-0.25, -0.2) is 4.79 Å². The van der Waals surface area contributed by atoms with Gasteiger partial charge in [-0.05, 0) is 55.7 Å². The van der Waals surface area contributed by atoms with Crippen molar-refractivity contribution in [3.05, 3.63) is 29.3 Å². The summed E-state index contributed by atoms with van der Waals surface area (Å²) in [5.41, 5.74) is 2.99. The van der Waals surface area contributed by atoms with Crippen molar-refractivity contribution in [3.8, 4) is 0 Å². The van der Waals surface area contributed by atoms with Crippen LogP contribution in [0.25, 0.3) is 0 Å². The van der Waals surface area contributed by atoms with Crippen molar-refractivity contribution in [1.82, 2.24) is 0 Å². The second kappa shape index (κ2) is 5.86. The van der Waals surface area contributed by atoms with E-state index >= 15 is 0 Å². The molecule has 20 heavy (non-hydrogen) atoms. The smallest absolute Gasteiger partial charge is 0.338 e. The lowest BCUT2D eigenvalue weighted by atomic mass is 9.88. The van der Waals surface area contributed by atoms with E-state index in [2.05, 4.69) is 18.3 Å². The molecular weight excluding hydrogens is 250 g/mol. The van der Waals surface area contributed by atoms with Crippen LogP contribution in [-0.4, -0.2) is 18.6 Å². The fourth-order valence-electron chi connectivity index (χ4n) is 3.36. The highest BCUT2D eigenvalue weighted by Gasteiger charge is 2.27. The van der Waals surface area contributed by atoms with Crippen LogP contribution in [0.3, 0.4) is 0 Å². The number of rotatable bonds is 2. The highest BCUT2D eigenvalue weighted by molar-refractivity contribution is 5.93. The summed E-state index contributed by atoms with van der Waals surface area (Å²) in [6.07, 6.45) is 6.78. The van der Waals surface area contributed by atoms with Crippen LogP contribution in [0.15, 0.2) is 18.2 Å². The molecule has 1 fully saturated rings. The first kappa shape index (κ1) is 13.5. The molecule has 108 valence electrons. The molecule has 1 aliphatic heterocycles. The number of carbonyl (C=O) groups excluding carboxylic acids is 1. The number of nitrogens with one attached hydrogen (secondary N) is 1. The molecule has 0 saturated heterocycles. The minimum atomic E-state index is -0.135. The molecule has 2 unspecified atom stereocenters. The Balaban J connectivity index is 1.77. The molecule has 3 heteroatoms. The van der Waals surface area contributed by atoms with E-state index in [1.165, 1.54) is 19.3 Å². The van der Waals surface area contributed by atoms with Gasteiger partial charge in [-0.3, -0.25) is 0 Å². The predicted octanol–water partition coefficient (Wildman–Crippen LogP) is 3.78. The van der Waals surface area contributed by atoms with Gasteiger partial charge in [-0.1, -0.05) is 19.4 Å². The van der Waals surface area contributed by atoms with Crippen molar-refractivity contribution in [3.63, 3.8) is 0 Å². The van der Waals surface area contributed by atoms with Crippen LogP contribution in [0, 0.1) is 5.92 Å². The maximum atomic E-state index is 12.5. The molecule has 1 aromatic carbocycles. The molecular formula is C17H23NO2. The van der Waals surface area contributed by atoms with Crippen molar-refractivity contribution in [2.75, 3.05) is 11.9 Å². The Kier molecular flexibility index (Phi) is 3.95. The second-order valence-electron chi connectivity index (χ2n) is 6.07. The molecule has 0 aromatic heterocycles. The summed E-state index contributed by atoms with van der Waals surface area (Å²) < 4.78 is 5.79. The number of carbonyl (C=O) groups is 1. The van der Waals surface area contributed by atoms with Gasteiger partial charge in [0.2, 0.25) is 0 Å². The number of ether oxygens (including phenoxy) is 1. The molecule has 0 radical (unpaired) electrons. The molecule has 2 aliphatic rings. The van der Waals surface area contributed by atoms with Gasteiger partial charge in [-0.15, -0.1) is 0 Å². The number of hydrogen-bond donors (Lipinski definition) is 1. The summed E-state index contributed by atoms with van der Waals surface area (Å²) in [7, 11) is 0. The van der Waals surface area contributed by atoms with Gasteiger partial charge in [0.1, 0.15) is 6.10 Å². The van der Waals surface area contributed by atoms with Crippen LogP contribution in [0.2, 0.25) is 0 Å². The van der Waals surface area contributed by atoms with Crippen LogP contribution in [-0.2, 0) is 11.2 Å². The third kappa shape index (κ3) is 2.67. The van der Waals surface area contributed by atoms with Gasteiger partial charge in [-0.2, -0.15) is 0 Å². The van der Waals surface area contributed by atoms with Crippen LogP contribution >= 0.6 is 0 Å². The van der Waals surface area contributed by atoms with Crippen molar-refractivity contribution >= 4 is 11.7 Å². The Morgan fingerprint density at radius 2 is 2.10 bits per heavy atom. The van der Waals surface area contributed by atoms with E-state index < -0.39 is 0 Å². The van der Waals surface area contributed by atoms with Crippen molar-refractivity contribution in [2.24, 2.45) is 5.92 Å². The molecule has 1 heterocycles. The monoisotopic (exact) mass is 273 g/mol. The molecule has 2 atom stereocenters. The van der Waals surface area contributed by atoms with E-state index in [1.54, 1.807) is 0 Å². The van der Waals surface area contributed by atoms with E-state index in [-0.39, 0.29) is 12.1 Å². The SMILES string of the molecule is CC1CCCCC1OC(=O)c1cccc2c1CCCN2. The lowest BCUT2D eigenvalue weighted by molar-refractivity contribution is 0.00470. The molecule has 0 bridgehead atoms. The third-order valence-electron chi connectivity index (χ3n) is 4.61. The molecule has 3 nitrogen and oxygen atoms in total. The molecule has 1 saturated carbocycles. The van der Waals surface area contributed by atoms with Gasteiger partial charge < -0.3 is 10.1 Å². The second-order valence-corrected chi connectivity index (χ2v) is 6.07. The van der Waals surface area contributed by atoms with Crippen LogP contribution in [0.1, 0.15) is 54.9 Å². The number of fused-ring (bicyclic) bond motifs is 1. The van der Waals surface area contributed by atoms with E-state index in [4.69, 9.17) is 4.74 Å². The summed E-state index contributed by atoms with van der Waals surface area (Å²) in [5.74, 6) is 0.356. The fraction of sp³-hybridized carbons (Fsp3) is 0.588. The summed E-state index contributed by atoms with van der Waals surface area (Å²) in [4.78, 5) is 12.5. The normalized spacial score (nSPS) is 25.4. The lowest BCUT2D eigenvalue weighted by Crippen LogP contribution is -2.29. The topological polar surface area (TPSA) is 38.3 Å². The van der Waals surface area contributed by atoms with E-state index in [0.29, 0.717) is 5.92 Å². The largest absolute Gasteiger partial charge is 0.458 e. The Hall–Kier alpha value is -1.51. The predicted molar refractivity (Wildman–Crippen MR) is 80.1 cm³/mol. The number of anilines is 1. The zero-order valence-electron chi connectivity index (χ0n) is 12.2. The Labute approximate surface area is 120 Å². The van der Waals surface area contributed by atoms with Crippen LogP contribution in [0.4, 0.5) is 5.69 Å². The fourth-order valence-corrected chi connectivity index (χ4v) is 3.36. The number of hydrogen-bond acceptors (Lipinski definition) is 3. The third-order valence-corrected chi connectivity index (χ3v) is 4.61. The van der Waals surface area contributed by atoms with E-state index in [1.807, 2.05) is 12.1 Å². The number of benzene rings is 1. The van der Waals surface area contributed by atoms with E-state index in [0.717, 1.165) is 42.6 Å². The average Bonchev–Trinajstić information content (AvgIpc) is 2.49. The minimum Gasteiger partial charge on any atom is -0.458 e. The molecule has 1 N–H and O–H groups in total. The molecule has 1 aliphatic carbocycles. The first-order valence-electron chi connectivity index (χ1n) is 7.82. The summed E-state index contributed by atoms with van der Waals surface area (Å²) >= 11 is 0. The maximum absolute atomic E-state index is 12.5. The molecule has 3 rings (SSSR count). The van der Waals surface area contributed by atoms with Gasteiger partial charge in [0, 0.05) is 12.2 Å². The van der Waals surface area contributed by atoms with Gasteiger partial charge in [0.05, 0.1) is 5.56 Å². The first-order valence-corrected chi connectivity index (χ1v) is 7.82. The molecule has 0 amide bonds. The van der Waals surface area contributed by atoms with Gasteiger partial charge in [0.25, 0.3) is 0 Å². The van der Waals surface area contributed by atoms with Crippen LogP contribution < -0.4 is 5.32 Å². The van der Waals surface area contributed by atoms with Gasteiger partial charge >= 0.3 is 5.97 Å². The Morgan fingerprint density at radius 1 is 1.25 bits per heavy atom. The Bertz CT molecular complexity index is 498. The van der Waals surface area contributed by atoms with E-state index in [9.17, 15) is 4.79 Å². The average molecular weight is 273 g/mol. The molecule has 0 spiro atoms. The standard InChI is InChI=1S/C17H23NO2/c1-12-6-2-3-10-16(12)20-17(19)14-7-4-9-15-13(14)8-5-11-18-15/h4,7,9,12,16,18H,2-3,5-6,8,10-11H2,1H3.